The van der Waals surface area contributed by atoms with E-state index in [1.807, 2.05) is 42.7 Å². The Balaban J connectivity index is 1.31. The van der Waals surface area contributed by atoms with Gasteiger partial charge in [-0.3, -0.25) is 9.59 Å². The fraction of sp³-hybridized carbons (Fsp3) is 0.172. The molecule has 0 aliphatic carbocycles. The molecule has 2 heterocycles. The number of anilines is 2. The van der Waals surface area contributed by atoms with E-state index in [1.165, 1.54) is 11.1 Å². The highest BCUT2D eigenvalue weighted by molar-refractivity contribution is 6.04. The zero-order chi connectivity index (χ0) is 25.3. The first kappa shape index (κ1) is 24.6. The molecule has 0 fully saturated rings. The van der Waals surface area contributed by atoms with Crippen LogP contribution >= 0.6 is 0 Å². The molecule has 0 spiro atoms. The van der Waals surface area contributed by atoms with Crippen LogP contribution in [0.4, 0.5) is 11.4 Å². The number of carbonyl (C=O) groups is 2. The second-order valence-corrected chi connectivity index (χ2v) is 8.61. The van der Waals surface area contributed by atoms with Crippen LogP contribution in [0.15, 0.2) is 104 Å². The van der Waals surface area contributed by atoms with Crippen LogP contribution in [0.5, 0.6) is 0 Å². The Labute approximate surface area is 210 Å². The minimum atomic E-state index is -0.957. The van der Waals surface area contributed by atoms with E-state index in [0.717, 1.165) is 19.5 Å². The first-order valence-corrected chi connectivity index (χ1v) is 11.9. The summed E-state index contributed by atoms with van der Waals surface area (Å²) in [6.07, 6.45) is 9.03. The van der Waals surface area contributed by atoms with Crippen molar-refractivity contribution in [3.05, 3.63) is 109 Å². The Morgan fingerprint density at radius 1 is 0.806 bits per heavy atom. The third kappa shape index (κ3) is 6.76. The first-order chi connectivity index (χ1) is 17.5. The van der Waals surface area contributed by atoms with Crippen molar-refractivity contribution in [2.24, 2.45) is 0 Å². The van der Waals surface area contributed by atoms with Gasteiger partial charge in [0.05, 0.1) is 6.42 Å². The number of rotatable bonds is 10. The van der Waals surface area contributed by atoms with Crippen LogP contribution in [0.25, 0.3) is 11.1 Å². The number of pyridine rings is 2. The largest absolute Gasteiger partial charge is 0.480 e. The lowest BCUT2D eigenvalue weighted by molar-refractivity contribution is -0.726. The van der Waals surface area contributed by atoms with Crippen molar-refractivity contribution in [1.82, 2.24) is 0 Å². The third-order valence-corrected chi connectivity index (χ3v) is 5.83. The molecule has 1 amide bonds. The average molecular weight is 483 g/mol. The predicted molar refractivity (Wildman–Crippen MR) is 138 cm³/mol. The number of hydrogen-bond acceptors (Lipinski definition) is 3. The van der Waals surface area contributed by atoms with Gasteiger partial charge in [0.2, 0.25) is 0 Å². The van der Waals surface area contributed by atoms with Crippen molar-refractivity contribution in [3.63, 3.8) is 0 Å². The van der Waals surface area contributed by atoms with Crippen molar-refractivity contribution in [2.45, 2.75) is 32.5 Å². The van der Waals surface area contributed by atoms with E-state index in [0.29, 0.717) is 16.9 Å². The van der Waals surface area contributed by atoms with E-state index in [1.54, 1.807) is 31.2 Å². The molecule has 2 aromatic heterocycles. The Kier molecular flexibility index (Phi) is 8.03. The molecule has 0 saturated carbocycles. The zero-order valence-electron chi connectivity index (χ0n) is 20.2. The fourth-order valence-corrected chi connectivity index (χ4v) is 3.87. The van der Waals surface area contributed by atoms with E-state index >= 15 is 0 Å². The lowest BCUT2D eigenvalue weighted by Gasteiger charge is -2.12. The summed E-state index contributed by atoms with van der Waals surface area (Å²) >= 11 is 0. The number of aromatic nitrogens is 2. The number of hydrogen-bond donors (Lipinski definition) is 3. The molecule has 7 heteroatoms. The number of carboxylic acids is 1. The van der Waals surface area contributed by atoms with Gasteiger partial charge in [-0.2, -0.15) is 0 Å². The molecule has 0 saturated heterocycles. The average Bonchev–Trinajstić information content (AvgIpc) is 2.90. The number of amides is 1. The number of nitrogens with zero attached hydrogens (tertiary/aromatic N) is 2. The van der Waals surface area contributed by atoms with Crippen LogP contribution in [0, 0.1) is 0 Å². The maximum Gasteiger partial charge on any atom is 0.325 e. The molecule has 36 heavy (non-hydrogen) atoms. The maximum absolute atomic E-state index is 12.8. The summed E-state index contributed by atoms with van der Waals surface area (Å²) in [6.45, 7) is 3.24. The molecular formula is C29H30N4O3+2. The van der Waals surface area contributed by atoms with Gasteiger partial charge in [0.15, 0.2) is 37.9 Å². The summed E-state index contributed by atoms with van der Waals surface area (Å²) in [5.74, 6) is -1.21. The van der Waals surface area contributed by atoms with Gasteiger partial charge < -0.3 is 15.7 Å². The molecule has 4 rings (SSSR count). The molecule has 0 radical (unpaired) electrons. The molecule has 0 bridgehead atoms. The van der Waals surface area contributed by atoms with E-state index in [-0.39, 0.29) is 5.91 Å². The summed E-state index contributed by atoms with van der Waals surface area (Å²) in [4.78, 5) is 23.8. The minimum absolute atomic E-state index is 0.256. The van der Waals surface area contributed by atoms with Crippen LogP contribution in [-0.2, 0) is 17.9 Å². The van der Waals surface area contributed by atoms with Gasteiger partial charge in [0, 0.05) is 29.4 Å². The van der Waals surface area contributed by atoms with Gasteiger partial charge in [-0.15, -0.1) is 0 Å². The van der Waals surface area contributed by atoms with E-state index in [9.17, 15) is 9.59 Å². The smallest absolute Gasteiger partial charge is 0.325 e. The van der Waals surface area contributed by atoms with Gasteiger partial charge >= 0.3 is 5.97 Å². The van der Waals surface area contributed by atoms with Crippen LogP contribution in [0.2, 0.25) is 0 Å². The molecule has 1 atom stereocenters. The normalized spacial score (nSPS) is 11.5. The summed E-state index contributed by atoms with van der Waals surface area (Å²) in [7, 11) is 0. The van der Waals surface area contributed by atoms with Crippen molar-refractivity contribution < 1.29 is 23.8 Å². The Morgan fingerprint density at radius 2 is 1.50 bits per heavy atom. The van der Waals surface area contributed by atoms with Gasteiger partial charge in [-0.1, -0.05) is 36.4 Å². The van der Waals surface area contributed by atoms with Gasteiger partial charge in [-0.25, -0.2) is 9.13 Å². The first-order valence-electron chi connectivity index (χ1n) is 11.9. The highest BCUT2D eigenvalue weighted by atomic mass is 16.4. The zero-order valence-corrected chi connectivity index (χ0v) is 20.2. The standard InChI is InChI=1S/C29H28N4O3/c1-22(29(35)36)30-26-11-5-10-25(20-26)28(34)31-27-12-6-15-33(21-27)17-7-16-32-18-13-24(14-19-32)23-8-3-2-4-9-23/h2-6,8-15,18-22,30H,7,16-17H2,1H3/p+2. The number of nitrogens with one attached hydrogen (secondary N) is 2. The highest BCUT2D eigenvalue weighted by Crippen LogP contribution is 2.17. The summed E-state index contributed by atoms with van der Waals surface area (Å²) < 4.78 is 4.23. The molecule has 3 N–H and O–H groups in total. The molecule has 0 aliphatic heterocycles. The summed E-state index contributed by atoms with van der Waals surface area (Å²) in [5.41, 5.74) is 4.12. The molecular weight excluding hydrogens is 452 g/mol. The molecule has 0 aliphatic rings. The topological polar surface area (TPSA) is 86.2 Å². The van der Waals surface area contributed by atoms with Gasteiger partial charge in [0.1, 0.15) is 11.7 Å². The van der Waals surface area contributed by atoms with E-state index in [2.05, 4.69) is 56.4 Å². The minimum Gasteiger partial charge on any atom is -0.480 e. The van der Waals surface area contributed by atoms with Crippen molar-refractivity contribution in [3.8, 4) is 11.1 Å². The van der Waals surface area contributed by atoms with Crippen LogP contribution in [0.3, 0.4) is 0 Å². The van der Waals surface area contributed by atoms with Crippen molar-refractivity contribution in [2.75, 3.05) is 10.6 Å². The summed E-state index contributed by atoms with van der Waals surface area (Å²) in [5, 5.41) is 14.9. The van der Waals surface area contributed by atoms with Crippen LogP contribution in [-0.4, -0.2) is 23.0 Å². The predicted octanol–water partition coefficient (Wildman–Crippen LogP) is 4.16. The SMILES string of the molecule is CC(Nc1cccc(C(=O)Nc2ccc[n+](CCC[n+]3ccc(-c4ccccc4)cc3)c2)c1)C(=O)O. The van der Waals surface area contributed by atoms with Crippen LogP contribution in [0.1, 0.15) is 23.7 Å². The maximum atomic E-state index is 12.8. The molecule has 1 unspecified atom stereocenters. The van der Waals surface area contributed by atoms with E-state index in [4.69, 9.17) is 5.11 Å². The quantitative estimate of drug-likeness (QED) is 0.296. The fourth-order valence-electron chi connectivity index (χ4n) is 3.87. The molecule has 7 nitrogen and oxygen atoms in total. The van der Waals surface area contributed by atoms with Crippen LogP contribution < -0.4 is 19.8 Å². The molecule has 182 valence electrons. The lowest BCUT2D eigenvalue weighted by Crippen LogP contribution is -2.38. The second-order valence-electron chi connectivity index (χ2n) is 8.61. The third-order valence-electron chi connectivity index (χ3n) is 5.83. The number of carbonyl (C=O) groups excluding carboxylic acids is 1. The number of aliphatic carboxylic acids is 1. The number of aryl methyl sites for hydroxylation is 2. The number of carboxylic acid groups (broad SMARTS) is 1. The number of benzene rings is 2. The Morgan fingerprint density at radius 3 is 2.25 bits per heavy atom. The molecule has 4 aromatic rings. The summed E-state index contributed by atoms with van der Waals surface area (Å²) in [6, 6.07) is 24.4. The van der Waals surface area contributed by atoms with E-state index < -0.39 is 12.0 Å². The van der Waals surface area contributed by atoms with Gasteiger partial charge in [0.25, 0.3) is 5.91 Å². The monoisotopic (exact) mass is 482 g/mol. The second kappa shape index (κ2) is 11.8. The lowest BCUT2D eigenvalue weighted by atomic mass is 10.1. The Hall–Kier alpha value is -4.52. The highest BCUT2D eigenvalue weighted by Gasteiger charge is 2.13. The van der Waals surface area contributed by atoms with Crippen molar-refractivity contribution in [1.29, 1.82) is 0 Å². The molecule has 2 aromatic carbocycles. The Bertz CT molecular complexity index is 1320. The van der Waals surface area contributed by atoms with Crippen molar-refractivity contribution >= 4 is 23.3 Å². The van der Waals surface area contributed by atoms with Gasteiger partial charge in [-0.05, 0) is 42.3 Å².